The van der Waals surface area contributed by atoms with Crippen molar-refractivity contribution >= 4 is 23.1 Å². The van der Waals surface area contributed by atoms with E-state index in [1.165, 1.54) is 20.9 Å². The molecule has 2 atom stereocenters. The molecule has 1 nitrogen and oxygen atoms in total. The molecule has 2 aromatic rings. The van der Waals surface area contributed by atoms with Crippen molar-refractivity contribution in [3.63, 3.8) is 0 Å². The first-order valence-corrected chi connectivity index (χ1v) is 8.95. The molecule has 108 valence electrons. The quantitative estimate of drug-likeness (QED) is 0.805. The normalized spacial score (nSPS) is 14.2. The second kappa shape index (κ2) is 7.30. The number of nitrogens with two attached hydrogens (primary N) is 1. The van der Waals surface area contributed by atoms with E-state index in [4.69, 9.17) is 5.73 Å². The Bertz CT molecular complexity index is 547. The molecule has 0 radical (unpaired) electrons. The fraction of sp³-hybridized carbons (Fsp3) is 0.412. The molecule has 0 fully saturated rings. The van der Waals surface area contributed by atoms with E-state index >= 15 is 0 Å². The Morgan fingerprint density at radius 2 is 2.00 bits per heavy atom. The van der Waals surface area contributed by atoms with Crippen LogP contribution in [0.2, 0.25) is 0 Å². The molecule has 0 saturated carbocycles. The summed E-state index contributed by atoms with van der Waals surface area (Å²) in [5.74, 6) is 1.02. The van der Waals surface area contributed by atoms with Gasteiger partial charge >= 0.3 is 0 Å². The molecule has 0 spiro atoms. The van der Waals surface area contributed by atoms with Gasteiger partial charge in [0.1, 0.15) is 0 Å². The molecular formula is C17H23NS2. The lowest BCUT2D eigenvalue weighted by Gasteiger charge is -2.21. The van der Waals surface area contributed by atoms with Crippen LogP contribution in [0.5, 0.6) is 0 Å². The molecule has 0 aliphatic carbocycles. The summed E-state index contributed by atoms with van der Waals surface area (Å²) in [6, 6.07) is 13.4. The molecule has 1 heterocycles. The SMILES string of the molecule is CCC(N)C(SCc1cccc(C)c1)c1ccc(C)s1. The molecular weight excluding hydrogens is 282 g/mol. The summed E-state index contributed by atoms with van der Waals surface area (Å²) in [5, 5.41) is 0.402. The summed E-state index contributed by atoms with van der Waals surface area (Å²) < 4.78 is 0. The molecule has 0 bridgehead atoms. The number of hydrogen-bond donors (Lipinski definition) is 1. The highest BCUT2D eigenvalue weighted by molar-refractivity contribution is 7.98. The second-order valence-corrected chi connectivity index (χ2v) is 7.69. The molecule has 20 heavy (non-hydrogen) atoms. The first-order chi connectivity index (χ1) is 9.60. The largest absolute Gasteiger partial charge is 0.326 e. The van der Waals surface area contributed by atoms with Crippen LogP contribution >= 0.6 is 23.1 Å². The number of thiophene rings is 1. The Labute approximate surface area is 130 Å². The standard InChI is InChI=1S/C17H23NS2/c1-4-15(18)17(16-9-8-13(3)20-16)19-11-14-7-5-6-12(2)10-14/h5-10,15,17H,4,11,18H2,1-3H3. The van der Waals surface area contributed by atoms with Crippen LogP contribution in [-0.2, 0) is 5.75 Å². The molecule has 0 aliphatic rings. The Kier molecular flexibility index (Phi) is 5.70. The van der Waals surface area contributed by atoms with Crippen LogP contribution in [0.3, 0.4) is 0 Å². The Balaban J connectivity index is 2.08. The Hall–Kier alpha value is -0.770. The smallest absolute Gasteiger partial charge is 0.0545 e. The lowest BCUT2D eigenvalue weighted by Crippen LogP contribution is -2.25. The zero-order valence-electron chi connectivity index (χ0n) is 12.4. The van der Waals surface area contributed by atoms with Crippen LogP contribution in [-0.4, -0.2) is 6.04 Å². The number of thioether (sulfide) groups is 1. The number of benzene rings is 1. The molecule has 0 amide bonds. The predicted octanol–water partition coefficient (Wildman–Crippen LogP) is 5.08. The lowest BCUT2D eigenvalue weighted by molar-refractivity contribution is 0.640. The fourth-order valence-corrected chi connectivity index (χ4v) is 4.74. The van der Waals surface area contributed by atoms with E-state index in [0.29, 0.717) is 5.25 Å². The summed E-state index contributed by atoms with van der Waals surface area (Å²) in [6.45, 7) is 6.48. The highest BCUT2D eigenvalue weighted by atomic mass is 32.2. The molecule has 1 aromatic carbocycles. The van der Waals surface area contributed by atoms with Crippen LogP contribution in [0.25, 0.3) is 0 Å². The molecule has 1 aromatic heterocycles. The third kappa shape index (κ3) is 4.11. The van der Waals surface area contributed by atoms with Gasteiger partial charge < -0.3 is 5.73 Å². The molecule has 2 rings (SSSR count). The topological polar surface area (TPSA) is 26.0 Å². The van der Waals surface area contributed by atoms with Gasteiger partial charge in [0.05, 0.1) is 5.25 Å². The summed E-state index contributed by atoms with van der Waals surface area (Å²) >= 11 is 3.84. The molecule has 2 unspecified atom stereocenters. The van der Waals surface area contributed by atoms with Crippen molar-refractivity contribution in [2.24, 2.45) is 5.73 Å². The van der Waals surface area contributed by atoms with Gasteiger partial charge in [0.2, 0.25) is 0 Å². The third-order valence-corrected chi connectivity index (χ3v) is 6.11. The Morgan fingerprint density at radius 1 is 1.20 bits per heavy atom. The average Bonchev–Trinajstić information content (AvgIpc) is 2.85. The van der Waals surface area contributed by atoms with Gasteiger partial charge in [-0.1, -0.05) is 36.8 Å². The summed E-state index contributed by atoms with van der Waals surface area (Å²) in [7, 11) is 0. The number of aryl methyl sites for hydroxylation is 2. The van der Waals surface area contributed by atoms with E-state index in [0.717, 1.165) is 12.2 Å². The van der Waals surface area contributed by atoms with Crippen LogP contribution in [0.15, 0.2) is 36.4 Å². The van der Waals surface area contributed by atoms with Crippen molar-refractivity contribution < 1.29 is 0 Å². The van der Waals surface area contributed by atoms with Crippen LogP contribution in [0.4, 0.5) is 0 Å². The highest BCUT2D eigenvalue weighted by Crippen LogP contribution is 2.38. The van der Waals surface area contributed by atoms with Crippen LogP contribution < -0.4 is 5.73 Å². The van der Waals surface area contributed by atoms with E-state index < -0.39 is 0 Å². The summed E-state index contributed by atoms with van der Waals surface area (Å²) in [5.41, 5.74) is 9.05. The van der Waals surface area contributed by atoms with E-state index in [1.807, 2.05) is 23.1 Å². The van der Waals surface area contributed by atoms with Crippen molar-refractivity contribution in [2.45, 2.75) is 44.2 Å². The van der Waals surface area contributed by atoms with Crippen molar-refractivity contribution in [3.8, 4) is 0 Å². The van der Waals surface area contributed by atoms with Crippen molar-refractivity contribution in [2.75, 3.05) is 0 Å². The van der Waals surface area contributed by atoms with Gasteiger partial charge in [-0.15, -0.1) is 23.1 Å². The average molecular weight is 306 g/mol. The minimum absolute atomic E-state index is 0.225. The minimum atomic E-state index is 0.225. The maximum absolute atomic E-state index is 6.34. The fourth-order valence-electron chi connectivity index (χ4n) is 2.23. The van der Waals surface area contributed by atoms with Gasteiger partial charge in [-0.05, 0) is 38.0 Å². The third-order valence-electron chi connectivity index (χ3n) is 3.41. The van der Waals surface area contributed by atoms with Gasteiger partial charge in [-0.3, -0.25) is 0 Å². The van der Waals surface area contributed by atoms with E-state index in [1.54, 1.807) is 0 Å². The maximum atomic E-state index is 6.34. The van der Waals surface area contributed by atoms with Crippen LogP contribution in [0, 0.1) is 13.8 Å². The molecule has 0 saturated heterocycles. The molecule has 0 aliphatic heterocycles. The minimum Gasteiger partial charge on any atom is -0.326 e. The maximum Gasteiger partial charge on any atom is 0.0545 e. The number of hydrogen-bond acceptors (Lipinski definition) is 3. The Morgan fingerprint density at radius 3 is 2.60 bits per heavy atom. The van der Waals surface area contributed by atoms with E-state index in [2.05, 4.69) is 57.2 Å². The van der Waals surface area contributed by atoms with Crippen molar-refractivity contribution in [3.05, 3.63) is 57.3 Å². The highest BCUT2D eigenvalue weighted by Gasteiger charge is 2.20. The van der Waals surface area contributed by atoms with Gasteiger partial charge in [-0.25, -0.2) is 0 Å². The number of rotatable bonds is 6. The van der Waals surface area contributed by atoms with Gasteiger partial charge in [0, 0.05) is 21.5 Å². The zero-order chi connectivity index (χ0) is 14.5. The van der Waals surface area contributed by atoms with Crippen LogP contribution in [0.1, 0.15) is 39.5 Å². The first-order valence-electron chi connectivity index (χ1n) is 7.09. The van der Waals surface area contributed by atoms with Gasteiger partial charge in [0.15, 0.2) is 0 Å². The first kappa shape index (κ1) is 15.6. The zero-order valence-corrected chi connectivity index (χ0v) is 14.1. The monoisotopic (exact) mass is 305 g/mol. The molecule has 3 heteroatoms. The lowest BCUT2D eigenvalue weighted by atomic mass is 10.1. The van der Waals surface area contributed by atoms with E-state index in [-0.39, 0.29) is 6.04 Å². The second-order valence-electron chi connectivity index (χ2n) is 5.24. The summed E-state index contributed by atoms with van der Waals surface area (Å²) in [4.78, 5) is 2.78. The summed E-state index contributed by atoms with van der Waals surface area (Å²) in [6.07, 6.45) is 1.02. The molecule has 2 N–H and O–H groups in total. The van der Waals surface area contributed by atoms with Crippen molar-refractivity contribution in [1.29, 1.82) is 0 Å². The van der Waals surface area contributed by atoms with Gasteiger partial charge in [0.25, 0.3) is 0 Å². The predicted molar refractivity (Wildman–Crippen MR) is 92.5 cm³/mol. The van der Waals surface area contributed by atoms with E-state index in [9.17, 15) is 0 Å². The van der Waals surface area contributed by atoms with Gasteiger partial charge in [-0.2, -0.15) is 0 Å². The van der Waals surface area contributed by atoms with Crippen molar-refractivity contribution in [1.82, 2.24) is 0 Å².